The van der Waals surface area contributed by atoms with E-state index >= 15 is 0 Å². The Hall–Kier alpha value is -0.690. The van der Waals surface area contributed by atoms with E-state index in [0.717, 1.165) is 10.0 Å². The first-order chi connectivity index (χ1) is 6.38. The van der Waals surface area contributed by atoms with Gasteiger partial charge in [0.15, 0.2) is 5.13 Å². The lowest BCUT2D eigenvalue weighted by Crippen LogP contribution is -2.07. The molecule has 0 fully saturated rings. The first kappa shape index (κ1) is 11.4. The highest BCUT2D eigenvalue weighted by atomic mass is 32.3. The maximum absolute atomic E-state index is 12.2. The Bertz CT molecular complexity index is 400. The van der Waals surface area contributed by atoms with E-state index < -0.39 is 16.0 Å². The molecule has 0 amide bonds. The monoisotopic (exact) mass is 238 g/mol. The molecule has 0 atom stereocenters. The van der Waals surface area contributed by atoms with E-state index in [1.54, 1.807) is 6.20 Å². The lowest BCUT2D eigenvalue weighted by Gasteiger charge is -2.04. The second-order valence-electron chi connectivity index (χ2n) is 3.00. The highest BCUT2D eigenvalue weighted by molar-refractivity contribution is 7.86. The van der Waals surface area contributed by atoms with Crippen molar-refractivity contribution in [1.82, 2.24) is 4.98 Å². The van der Waals surface area contributed by atoms with Crippen LogP contribution >= 0.6 is 11.3 Å². The number of thiazole rings is 1. The summed E-state index contributed by atoms with van der Waals surface area (Å²) in [5, 5.41) is 0.788. The van der Waals surface area contributed by atoms with Crippen molar-refractivity contribution >= 4 is 26.7 Å². The van der Waals surface area contributed by atoms with Gasteiger partial charge in [-0.3, -0.25) is 0 Å². The second-order valence-corrected chi connectivity index (χ2v) is 5.58. The molecule has 0 aliphatic heterocycles. The number of aryl methyl sites for hydroxylation is 1. The van der Waals surface area contributed by atoms with Crippen LogP contribution < -0.4 is 4.90 Å². The Morgan fingerprint density at radius 2 is 2.21 bits per heavy atom. The summed E-state index contributed by atoms with van der Waals surface area (Å²) in [4.78, 5) is 6.63. The zero-order chi connectivity index (χ0) is 10.8. The van der Waals surface area contributed by atoms with E-state index in [1.807, 2.05) is 19.0 Å². The molecule has 0 aromatic carbocycles. The van der Waals surface area contributed by atoms with E-state index in [4.69, 9.17) is 0 Å². The van der Waals surface area contributed by atoms with Crippen LogP contribution in [0.25, 0.3) is 0 Å². The van der Waals surface area contributed by atoms with Gasteiger partial charge in [-0.1, -0.05) is 0 Å². The van der Waals surface area contributed by atoms with Gasteiger partial charge in [-0.2, -0.15) is 8.42 Å². The molecule has 1 heterocycles. The van der Waals surface area contributed by atoms with Gasteiger partial charge in [-0.05, 0) is 6.42 Å². The van der Waals surface area contributed by atoms with Gasteiger partial charge in [0.05, 0.1) is 5.75 Å². The van der Waals surface area contributed by atoms with Crippen LogP contribution in [0.4, 0.5) is 9.02 Å². The van der Waals surface area contributed by atoms with Gasteiger partial charge < -0.3 is 4.90 Å². The van der Waals surface area contributed by atoms with Crippen LogP contribution in [0.3, 0.4) is 0 Å². The van der Waals surface area contributed by atoms with Crippen molar-refractivity contribution in [3.8, 4) is 0 Å². The molecule has 0 aliphatic carbocycles. The average Bonchev–Trinajstić information content (AvgIpc) is 2.47. The minimum absolute atomic E-state index is 0.185. The quantitative estimate of drug-likeness (QED) is 0.736. The Morgan fingerprint density at radius 3 is 2.64 bits per heavy atom. The van der Waals surface area contributed by atoms with Crippen molar-refractivity contribution < 1.29 is 12.3 Å². The predicted molar refractivity (Wildman–Crippen MR) is 55.0 cm³/mol. The van der Waals surface area contributed by atoms with Gasteiger partial charge in [0.25, 0.3) is 0 Å². The van der Waals surface area contributed by atoms with Crippen LogP contribution in [-0.2, 0) is 16.6 Å². The van der Waals surface area contributed by atoms with Crippen LogP contribution in [-0.4, -0.2) is 33.2 Å². The summed E-state index contributed by atoms with van der Waals surface area (Å²) < 4.78 is 32.7. The van der Waals surface area contributed by atoms with Gasteiger partial charge in [0, 0.05) is 25.2 Å². The smallest absolute Gasteiger partial charge is 0.302 e. The molecule has 7 heteroatoms. The molecule has 1 aromatic rings. The molecule has 4 nitrogen and oxygen atoms in total. The summed E-state index contributed by atoms with van der Waals surface area (Å²) in [6.45, 7) is 0. The molecule has 0 saturated carbocycles. The Labute approximate surface area is 86.6 Å². The average molecular weight is 238 g/mol. The Balaban J connectivity index is 2.61. The summed E-state index contributed by atoms with van der Waals surface area (Å²) in [6, 6.07) is 0. The zero-order valence-electron chi connectivity index (χ0n) is 7.90. The van der Waals surface area contributed by atoms with Gasteiger partial charge in [0.2, 0.25) is 0 Å². The summed E-state index contributed by atoms with van der Waals surface area (Å²) in [5.74, 6) is -0.470. The normalized spacial score (nSPS) is 11.6. The number of hydrogen-bond acceptors (Lipinski definition) is 5. The Morgan fingerprint density at radius 1 is 1.57 bits per heavy atom. The van der Waals surface area contributed by atoms with Crippen molar-refractivity contribution in [1.29, 1.82) is 0 Å². The van der Waals surface area contributed by atoms with E-state index in [0.29, 0.717) is 0 Å². The molecule has 0 bridgehead atoms. The predicted octanol–water partition coefficient (Wildman–Crippen LogP) is 1.05. The molecule has 1 rings (SSSR count). The molecule has 80 valence electrons. The van der Waals surface area contributed by atoms with Gasteiger partial charge in [-0.15, -0.1) is 15.2 Å². The molecule has 0 unspecified atom stereocenters. The van der Waals surface area contributed by atoms with Gasteiger partial charge in [0.1, 0.15) is 0 Å². The lowest BCUT2D eigenvalue weighted by atomic mass is 10.4. The third-order valence-corrected chi connectivity index (χ3v) is 3.43. The SMILES string of the molecule is CN(C)c1ncc(CCS(=O)(=O)F)s1. The Kier molecular flexibility index (Phi) is 3.43. The maximum atomic E-state index is 12.2. The van der Waals surface area contributed by atoms with Gasteiger partial charge >= 0.3 is 10.2 Å². The molecule has 0 N–H and O–H groups in total. The van der Waals surface area contributed by atoms with Crippen molar-refractivity contribution in [2.24, 2.45) is 0 Å². The number of aromatic nitrogens is 1. The second kappa shape index (κ2) is 4.22. The van der Waals surface area contributed by atoms with E-state index in [1.165, 1.54) is 11.3 Å². The number of anilines is 1. The largest absolute Gasteiger partial charge is 0.354 e. The van der Waals surface area contributed by atoms with Crippen molar-refractivity contribution in [2.45, 2.75) is 6.42 Å². The molecular weight excluding hydrogens is 227 g/mol. The van der Waals surface area contributed by atoms with Crippen molar-refractivity contribution in [2.75, 3.05) is 24.7 Å². The highest BCUT2D eigenvalue weighted by Gasteiger charge is 2.10. The van der Waals surface area contributed by atoms with Crippen LogP contribution in [0.2, 0.25) is 0 Å². The fraction of sp³-hybridized carbons (Fsp3) is 0.571. The van der Waals surface area contributed by atoms with Crippen LogP contribution in [0.1, 0.15) is 4.88 Å². The molecule has 14 heavy (non-hydrogen) atoms. The minimum Gasteiger partial charge on any atom is -0.354 e. The number of rotatable bonds is 4. The summed E-state index contributed by atoms with van der Waals surface area (Å²) >= 11 is 1.37. The molecule has 0 radical (unpaired) electrons. The third kappa shape index (κ3) is 3.59. The third-order valence-electron chi connectivity index (χ3n) is 1.52. The van der Waals surface area contributed by atoms with E-state index in [9.17, 15) is 12.3 Å². The molecule has 0 saturated heterocycles. The number of hydrogen-bond donors (Lipinski definition) is 0. The standard InChI is InChI=1S/C7H11FN2O2S2/c1-10(2)7-9-5-6(13-7)3-4-14(8,11)12/h5H,3-4H2,1-2H3. The van der Waals surface area contributed by atoms with Gasteiger partial charge in [-0.25, -0.2) is 4.98 Å². The van der Waals surface area contributed by atoms with Crippen LogP contribution in [0, 0.1) is 0 Å². The topological polar surface area (TPSA) is 50.3 Å². The first-order valence-electron chi connectivity index (χ1n) is 3.93. The highest BCUT2D eigenvalue weighted by Crippen LogP contribution is 2.21. The fourth-order valence-electron chi connectivity index (χ4n) is 0.842. The first-order valence-corrected chi connectivity index (χ1v) is 6.30. The minimum atomic E-state index is -4.37. The maximum Gasteiger partial charge on any atom is 0.302 e. The summed E-state index contributed by atoms with van der Waals surface area (Å²) in [7, 11) is -0.684. The van der Waals surface area contributed by atoms with E-state index in [-0.39, 0.29) is 6.42 Å². The van der Waals surface area contributed by atoms with Crippen LogP contribution in [0.5, 0.6) is 0 Å². The molecule has 0 spiro atoms. The molecule has 1 aromatic heterocycles. The van der Waals surface area contributed by atoms with E-state index in [2.05, 4.69) is 4.98 Å². The lowest BCUT2D eigenvalue weighted by molar-refractivity contribution is 0.551. The van der Waals surface area contributed by atoms with Crippen molar-refractivity contribution in [3.63, 3.8) is 0 Å². The number of nitrogens with zero attached hydrogens (tertiary/aromatic N) is 2. The van der Waals surface area contributed by atoms with Crippen LogP contribution in [0.15, 0.2) is 6.20 Å². The zero-order valence-corrected chi connectivity index (χ0v) is 9.53. The summed E-state index contributed by atoms with van der Waals surface area (Å²) in [6.07, 6.45) is 1.76. The molecular formula is C7H11FN2O2S2. The summed E-state index contributed by atoms with van der Waals surface area (Å²) in [5.41, 5.74) is 0. The fourth-order valence-corrected chi connectivity index (χ4v) is 2.27. The molecule has 0 aliphatic rings. The number of halogens is 1. The van der Waals surface area contributed by atoms with Crippen molar-refractivity contribution in [3.05, 3.63) is 11.1 Å².